The van der Waals surface area contributed by atoms with Crippen molar-refractivity contribution >= 4 is 15.6 Å². The Bertz CT molecular complexity index is 763. The zero-order valence-corrected chi connectivity index (χ0v) is 11.2. The van der Waals surface area contributed by atoms with E-state index < -0.39 is 27.3 Å². The minimum Gasteiger partial charge on any atom is -0.289 e. The first-order valence-electron chi connectivity index (χ1n) is 5.58. The Hall–Kier alpha value is -2.08. The molecule has 20 heavy (non-hydrogen) atoms. The van der Waals surface area contributed by atoms with Crippen LogP contribution < -0.4 is 0 Å². The maximum absolute atomic E-state index is 13.1. The normalized spacial score (nSPS) is 11.3. The molecular weight excluding hydrogens is 286 g/mol. The van der Waals surface area contributed by atoms with Crippen LogP contribution in [0.4, 0.5) is 8.78 Å². The molecule has 0 fully saturated rings. The number of carbonyl (C=O) groups excluding carboxylic acids is 1. The molecule has 0 unspecified atom stereocenters. The zero-order chi connectivity index (χ0) is 14.9. The number of rotatable bonds is 3. The van der Waals surface area contributed by atoms with Crippen molar-refractivity contribution < 1.29 is 22.0 Å². The summed E-state index contributed by atoms with van der Waals surface area (Å²) in [5.74, 6) is -2.38. The van der Waals surface area contributed by atoms with Gasteiger partial charge in [0.25, 0.3) is 0 Å². The molecular formula is C14H10F2O3S. The summed E-state index contributed by atoms with van der Waals surface area (Å²) in [6.45, 7) is 0. The van der Waals surface area contributed by atoms with Gasteiger partial charge in [0.2, 0.25) is 0 Å². The fraction of sp³-hybridized carbons (Fsp3) is 0.0714. The second-order valence-corrected chi connectivity index (χ2v) is 6.30. The highest BCUT2D eigenvalue weighted by Crippen LogP contribution is 2.17. The van der Waals surface area contributed by atoms with Crippen LogP contribution in [0.1, 0.15) is 15.9 Å². The van der Waals surface area contributed by atoms with E-state index in [1.165, 1.54) is 24.3 Å². The largest absolute Gasteiger partial charge is 0.289 e. The summed E-state index contributed by atoms with van der Waals surface area (Å²) in [5.41, 5.74) is -0.119. The van der Waals surface area contributed by atoms with Crippen LogP contribution in [0, 0.1) is 11.6 Å². The fourth-order valence-electron chi connectivity index (χ4n) is 1.72. The first-order valence-corrected chi connectivity index (χ1v) is 7.47. The van der Waals surface area contributed by atoms with Gasteiger partial charge in [0.1, 0.15) is 11.6 Å². The molecule has 0 amide bonds. The van der Waals surface area contributed by atoms with Gasteiger partial charge >= 0.3 is 0 Å². The molecule has 3 nitrogen and oxygen atoms in total. The number of hydrogen-bond donors (Lipinski definition) is 0. The average molecular weight is 296 g/mol. The third-order valence-electron chi connectivity index (χ3n) is 2.65. The molecule has 0 atom stereocenters. The molecule has 0 spiro atoms. The quantitative estimate of drug-likeness (QED) is 0.818. The van der Waals surface area contributed by atoms with Gasteiger partial charge in [-0.05, 0) is 24.3 Å². The minimum atomic E-state index is -3.46. The Morgan fingerprint density at radius 3 is 2.10 bits per heavy atom. The van der Waals surface area contributed by atoms with E-state index in [0.29, 0.717) is 6.07 Å². The highest BCUT2D eigenvalue weighted by molar-refractivity contribution is 7.90. The Kier molecular flexibility index (Phi) is 3.67. The lowest BCUT2D eigenvalue weighted by Crippen LogP contribution is -2.05. The number of benzene rings is 2. The molecule has 2 aromatic rings. The van der Waals surface area contributed by atoms with E-state index in [1.54, 1.807) is 0 Å². The van der Waals surface area contributed by atoms with Crippen LogP contribution in [0.15, 0.2) is 47.4 Å². The number of sulfone groups is 1. The molecule has 0 radical (unpaired) electrons. The maximum Gasteiger partial charge on any atom is 0.193 e. The van der Waals surface area contributed by atoms with Crippen molar-refractivity contribution in [1.82, 2.24) is 0 Å². The van der Waals surface area contributed by atoms with Crippen LogP contribution in [0.25, 0.3) is 0 Å². The predicted molar refractivity (Wildman–Crippen MR) is 69.3 cm³/mol. The number of halogens is 2. The van der Waals surface area contributed by atoms with Crippen LogP contribution in [0.3, 0.4) is 0 Å². The molecule has 0 aliphatic rings. The van der Waals surface area contributed by atoms with Crippen molar-refractivity contribution in [2.75, 3.05) is 6.26 Å². The van der Waals surface area contributed by atoms with Crippen molar-refractivity contribution in [2.45, 2.75) is 4.90 Å². The lowest BCUT2D eigenvalue weighted by molar-refractivity contribution is 0.103. The molecule has 2 aromatic carbocycles. The van der Waals surface area contributed by atoms with Crippen molar-refractivity contribution in [3.63, 3.8) is 0 Å². The standard InChI is InChI=1S/C14H10F2O3S/c1-20(18,19)13-4-2-3-9(7-13)14(17)10-5-11(15)8-12(16)6-10/h2-8H,1H3. The minimum absolute atomic E-state index is 0.0276. The van der Waals surface area contributed by atoms with Crippen LogP contribution in [-0.2, 0) is 9.84 Å². The van der Waals surface area contributed by atoms with Crippen LogP contribution in [0.2, 0.25) is 0 Å². The zero-order valence-electron chi connectivity index (χ0n) is 10.4. The molecule has 0 heterocycles. The number of ketones is 1. The highest BCUT2D eigenvalue weighted by atomic mass is 32.2. The SMILES string of the molecule is CS(=O)(=O)c1cccc(C(=O)c2cc(F)cc(F)c2)c1. The van der Waals surface area contributed by atoms with Crippen LogP contribution >= 0.6 is 0 Å². The summed E-state index contributed by atoms with van der Waals surface area (Å²) >= 11 is 0. The first kappa shape index (κ1) is 14.3. The molecule has 0 N–H and O–H groups in total. The third kappa shape index (κ3) is 3.08. The Morgan fingerprint density at radius 1 is 0.950 bits per heavy atom. The van der Waals surface area contributed by atoms with Gasteiger partial charge in [-0.1, -0.05) is 12.1 Å². The molecule has 0 aliphatic heterocycles. The maximum atomic E-state index is 13.1. The van der Waals surface area contributed by atoms with Gasteiger partial charge in [0.15, 0.2) is 15.6 Å². The summed E-state index contributed by atoms with van der Waals surface area (Å²) < 4.78 is 49.0. The van der Waals surface area contributed by atoms with E-state index in [0.717, 1.165) is 18.4 Å². The molecule has 0 bridgehead atoms. The van der Waals surface area contributed by atoms with Gasteiger partial charge in [0, 0.05) is 23.4 Å². The molecule has 6 heteroatoms. The van der Waals surface area contributed by atoms with Crippen molar-refractivity contribution in [2.24, 2.45) is 0 Å². The molecule has 0 aliphatic carbocycles. The smallest absolute Gasteiger partial charge is 0.193 e. The van der Waals surface area contributed by atoms with Gasteiger partial charge < -0.3 is 0 Å². The lowest BCUT2D eigenvalue weighted by Gasteiger charge is -2.04. The lowest BCUT2D eigenvalue weighted by atomic mass is 10.0. The summed E-state index contributed by atoms with van der Waals surface area (Å²) in [6, 6.07) is 7.78. The van der Waals surface area contributed by atoms with Crippen LogP contribution in [-0.4, -0.2) is 20.5 Å². The Labute approximate surface area is 114 Å². The van der Waals surface area contributed by atoms with Crippen LogP contribution in [0.5, 0.6) is 0 Å². The van der Waals surface area contributed by atoms with Gasteiger partial charge in [-0.15, -0.1) is 0 Å². The number of hydrogen-bond acceptors (Lipinski definition) is 3. The molecule has 2 rings (SSSR count). The Balaban J connectivity index is 2.49. The van der Waals surface area contributed by atoms with E-state index in [4.69, 9.17) is 0 Å². The van der Waals surface area contributed by atoms with Gasteiger partial charge in [-0.25, -0.2) is 17.2 Å². The van der Waals surface area contributed by atoms with E-state index in [1.807, 2.05) is 0 Å². The predicted octanol–water partition coefficient (Wildman–Crippen LogP) is 2.60. The summed E-state index contributed by atoms with van der Waals surface area (Å²) in [5, 5.41) is 0. The van der Waals surface area contributed by atoms with Crippen molar-refractivity contribution in [3.05, 3.63) is 65.2 Å². The second kappa shape index (κ2) is 5.13. The summed E-state index contributed by atoms with van der Waals surface area (Å²) in [6.07, 6.45) is 1.01. The topological polar surface area (TPSA) is 51.2 Å². The molecule has 0 aromatic heterocycles. The van der Waals surface area contributed by atoms with Gasteiger partial charge in [-0.3, -0.25) is 4.79 Å². The van der Waals surface area contributed by atoms with Gasteiger partial charge in [-0.2, -0.15) is 0 Å². The Morgan fingerprint density at radius 2 is 1.55 bits per heavy atom. The van der Waals surface area contributed by atoms with Gasteiger partial charge in [0.05, 0.1) is 4.90 Å². The highest BCUT2D eigenvalue weighted by Gasteiger charge is 2.14. The van der Waals surface area contributed by atoms with Crippen molar-refractivity contribution in [3.8, 4) is 0 Å². The number of carbonyl (C=O) groups is 1. The average Bonchev–Trinajstić information content (AvgIpc) is 2.36. The molecule has 0 saturated carbocycles. The van der Waals surface area contributed by atoms with E-state index in [-0.39, 0.29) is 16.0 Å². The first-order chi connectivity index (χ1) is 9.27. The molecule has 104 valence electrons. The third-order valence-corrected chi connectivity index (χ3v) is 3.76. The molecule has 0 saturated heterocycles. The monoisotopic (exact) mass is 296 g/mol. The van der Waals surface area contributed by atoms with Crippen molar-refractivity contribution in [1.29, 1.82) is 0 Å². The van der Waals surface area contributed by atoms with E-state index in [9.17, 15) is 22.0 Å². The van der Waals surface area contributed by atoms with E-state index in [2.05, 4.69) is 0 Å². The second-order valence-electron chi connectivity index (χ2n) is 4.29. The fourth-order valence-corrected chi connectivity index (χ4v) is 2.39. The summed E-state index contributed by atoms with van der Waals surface area (Å²) in [4.78, 5) is 12.1. The summed E-state index contributed by atoms with van der Waals surface area (Å²) in [7, 11) is -3.46. The van der Waals surface area contributed by atoms with E-state index >= 15 is 0 Å².